The van der Waals surface area contributed by atoms with Crippen LogP contribution in [0, 0.1) is 13.8 Å². The number of carbonyl (C=O) groups is 1. The third kappa shape index (κ3) is 4.70. The van der Waals surface area contributed by atoms with Crippen LogP contribution in [-0.4, -0.2) is 53.1 Å². The summed E-state index contributed by atoms with van der Waals surface area (Å²) in [6.45, 7) is 3.40. The van der Waals surface area contributed by atoms with Crippen LogP contribution in [0.2, 0.25) is 0 Å². The first kappa shape index (κ1) is 18.7. The highest BCUT2D eigenvalue weighted by Gasteiger charge is 2.30. The van der Waals surface area contributed by atoms with Gasteiger partial charge in [0.1, 0.15) is 6.54 Å². The van der Waals surface area contributed by atoms with Gasteiger partial charge in [0.2, 0.25) is 15.9 Å². The van der Waals surface area contributed by atoms with Gasteiger partial charge in [-0.15, -0.1) is 0 Å². The number of anilines is 1. The SMILES string of the molecule is Cc1ccc(N(CC(=O)NC2CCS(=O)(=O)C2)S(C)(=O)=O)cc1C. The van der Waals surface area contributed by atoms with Crippen molar-refractivity contribution in [3.8, 4) is 0 Å². The number of hydrogen-bond donors (Lipinski definition) is 1. The smallest absolute Gasteiger partial charge is 0.241 e. The van der Waals surface area contributed by atoms with E-state index in [1.807, 2.05) is 13.8 Å². The number of hydrogen-bond acceptors (Lipinski definition) is 5. The summed E-state index contributed by atoms with van der Waals surface area (Å²) in [6, 6.07) is 4.70. The molecule has 1 aliphatic rings. The maximum atomic E-state index is 12.2. The molecule has 0 spiro atoms. The van der Waals surface area contributed by atoms with Gasteiger partial charge in [-0.3, -0.25) is 9.10 Å². The Morgan fingerprint density at radius 2 is 1.96 bits per heavy atom. The lowest BCUT2D eigenvalue weighted by molar-refractivity contribution is -0.120. The molecule has 1 saturated heterocycles. The molecule has 1 heterocycles. The molecule has 0 aliphatic carbocycles. The molecule has 2 rings (SSSR count). The molecule has 1 unspecified atom stereocenters. The number of nitrogens with zero attached hydrogens (tertiary/aromatic N) is 1. The summed E-state index contributed by atoms with van der Waals surface area (Å²) in [5.74, 6) is -0.563. The van der Waals surface area contributed by atoms with E-state index in [2.05, 4.69) is 5.32 Å². The molecule has 1 N–H and O–H groups in total. The largest absolute Gasteiger partial charge is 0.351 e. The molecule has 134 valence electrons. The van der Waals surface area contributed by atoms with Crippen LogP contribution in [0.1, 0.15) is 17.5 Å². The van der Waals surface area contributed by atoms with Crippen LogP contribution in [-0.2, 0) is 24.7 Å². The summed E-state index contributed by atoms with van der Waals surface area (Å²) in [4.78, 5) is 12.2. The summed E-state index contributed by atoms with van der Waals surface area (Å²) in [6.07, 6.45) is 1.39. The minimum Gasteiger partial charge on any atom is -0.351 e. The van der Waals surface area contributed by atoms with Gasteiger partial charge in [-0.2, -0.15) is 0 Å². The van der Waals surface area contributed by atoms with E-state index in [9.17, 15) is 21.6 Å². The predicted octanol–water partition coefficient (Wildman–Crippen LogP) is 0.373. The van der Waals surface area contributed by atoms with Crippen molar-refractivity contribution in [1.29, 1.82) is 0 Å². The lowest BCUT2D eigenvalue weighted by atomic mass is 10.1. The molecular weight excluding hydrogens is 352 g/mol. The molecule has 1 fully saturated rings. The van der Waals surface area contributed by atoms with Crippen LogP contribution in [0.25, 0.3) is 0 Å². The molecule has 9 heteroatoms. The van der Waals surface area contributed by atoms with Crippen molar-refractivity contribution < 1.29 is 21.6 Å². The standard InChI is InChI=1S/C15H22N2O5S2/c1-11-4-5-14(8-12(11)2)17(23(3,19)20)9-15(18)16-13-6-7-24(21,22)10-13/h4-5,8,13H,6-7,9-10H2,1-3H3,(H,16,18). The summed E-state index contributed by atoms with van der Waals surface area (Å²) >= 11 is 0. The average molecular weight is 374 g/mol. The van der Waals surface area contributed by atoms with Gasteiger partial charge < -0.3 is 5.32 Å². The number of amides is 1. The van der Waals surface area contributed by atoms with Crippen molar-refractivity contribution >= 4 is 31.5 Å². The third-order valence-electron chi connectivity index (χ3n) is 4.06. The highest BCUT2D eigenvalue weighted by molar-refractivity contribution is 7.92. The fourth-order valence-electron chi connectivity index (χ4n) is 2.59. The number of sulfonamides is 1. The summed E-state index contributed by atoms with van der Waals surface area (Å²) in [5.41, 5.74) is 2.35. The summed E-state index contributed by atoms with van der Waals surface area (Å²) in [7, 11) is -6.75. The molecule has 0 radical (unpaired) electrons. The molecule has 7 nitrogen and oxygen atoms in total. The van der Waals surface area contributed by atoms with Crippen LogP contribution in [0.15, 0.2) is 18.2 Å². The first-order valence-corrected chi connectivity index (χ1v) is 11.2. The Balaban J connectivity index is 2.15. The van der Waals surface area contributed by atoms with Crippen LogP contribution >= 0.6 is 0 Å². The highest BCUT2D eigenvalue weighted by Crippen LogP contribution is 2.21. The normalized spacial score (nSPS) is 19.9. The Bertz CT molecular complexity index is 847. The van der Waals surface area contributed by atoms with Crippen molar-refractivity contribution in [2.24, 2.45) is 0 Å². The Hall–Kier alpha value is -1.61. The van der Waals surface area contributed by atoms with E-state index < -0.39 is 31.8 Å². The van der Waals surface area contributed by atoms with E-state index in [1.165, 1.54) is 0 Å². The monoisotopic (exact) mass is 374 g/mol. The Kier molecular flexibility index (Phi) is 5.24. The Labute approximate surface area is 143 Å². The topological polar surface area (TPSA) is 101 Å². The molecule has 0 bridgehead atoms. The Morgan fingerprint density at radius 1 is 1.29 bits per heavy atom. The number of benzene rings is 1. The Morgan fingerprint density at radius 3 is 2.46 bits per heavy atom. The van der Waals surface area contributed by atoms with Gasteiger partial charge in [-0.1, -0.05) is 6.07 Å². The second-order valence-corrected chi connectivity index (χ2v) is 10.3. The van der Waals surface area contributed by atoms with Crippen molar-refractivity contribution in [2.45, 2.75) is 26.3 Å². The van der Waals surface area contributed by atoms with E-state index in [0.29, 0.717) is 12.1 Å². The number of carbonyl (C=O) groups excluding carboxylic acids is 1. The van der Waals surface area contributed by atoms with Crippen LogP contribution in [0.5, 0.6) is 0 Å². The van der Waals surface area contributed by atoms with E-state index in [4.69, 9.17) is 0 Å². The van der Waals surface area contributed by atoms with Crippen LogP contribution in [0.3, 0.4) is 0 Å². The predicted molar refractivity (Wildman–Crippen MR) is 93.3 cm³/mol. The van der Waals surface area contributed by atoms with Crippen molar-refractivity contribution in [3.05, 3.63) is 29.3 Å². The summed E-state index contributed by atoms with van der Waals surface area (Å²) < 4.78 is 48.0. The van der Waals surface area contributed by atoms with Crippen LogP contribution < -0.4 is 9.62 Å². The van der Waals surface area contributed by atoms with E-state index in [1.54, 1.807) is 18.2 Å². The maximum Gasteiger partial charge on any atom is 0.241 e. The minimum absolute atomic E-state index is 0.0465. The first-order valence-electron chi connectivity index (χ1n) is 7.53. The first-order chi connectivity index (χ1) is 11.0. The van der Waals surface area contributed by atoms with Crippen molar-refractivity contribution in [2.75, 3.05) is 28.6 Å². The molecule has 24 heavy (non-hydrogen) atoms. The molecule has 1 atom stereocenters. The van der Waals surface area contributed by atoms with Gasteiger partial charge in [-0.25, -0.2) is 16.8 Å². The van der Waals surface area contributed by atoms with Crippen molar-refractivity contribution in [3.63, 3.8) is 0 Å². The van der Waals surface area contributed by atoms with Gasteiger partial charge in [-0.05, 0) is 43.5 Å². The fourth-order valence-corrected chi connectivity index (χ4v) is 5.11. The average Bonchev–Trinajstić information content (AvgIpc) is 2.77. The quantitative estimate of drug-likeness (QED) is 0.803. The highest BCUT2D eigenvalue weighted by atomic mass is 32.2. The molecule has 0 aromatic heterocycles. The number of sulfone groups is 1. The number of rotatable bonds is 5. The number of aryl methyl sites for hydroxylation is 2. The second-order valence-electron chi connectivity index (χ2n) is 6.21. The van der Waals surface area contributed by atoms with Gasteiger partial charge in [0, 0.05) is 6.04 Å². The van der Waals surface area contributed by atoms with Gasteiger partial charge in [0.15, 0.2) is 9.84 Å². The minimum atomic E-state index is -3.64. The van der Waals surface area contributed by atoms with E-state index in [0.717, 1.165) is 21.7 Å². The van der Waals surface area contributed by atoms with Gasteiger partial charge in [0.05, 0.1) is 23.4 Å². The fraction of sp³-hybridized carbons (Fsp3) is 0.533. The zero-order valence-corrected chi connectivity index (χ0v) is 15.6. The molecule has 1 aromatic carbocycles. The van der Waals surface area contributed by atoms with Gasteiger partial charge in [0.25, 0.3) is 0 Å². The lowest BCUT2D eigenvalue weighted by Crippen LogP contribution is -2.44. The second kappa shape index (κ2) is 6.72. The van der Waals surface area contributed by atoms with Gasteiger partial charge >= 0.3 is 0 Å². The molecule has 1 aromatic rings. The lowest BCUT2D eigenvalue weighted by Gasteiger charge is -2.23. The molecule has 1 aliphatic heterocycles. The van der Waals surface area contributed by atoms with E-state index >= 15 is 0 Å². The summed E-state index contributed by atoms with van der Waals surface area (Å²) in [5, 5.41) is 2.61. The zero-order valence-electron chi connectivity index (χ0n) is 13.9. The maximum absolute atomic E-state index is 12.2. The van der Waals surface area contributed by atoms with Crippen LogP contribution in [0.4, 0.5) is 5.69 Å². The molecule has 1 amide bonds. The molecular formula is C15H22N2O5S2. The van der Waals surface area contributed by atoms with E-state index in [-0.39, 0.29) is 18.1 Å². The van der Waals surface area contributed by atoms with Crippen molar-refractivity contribution in [1.82, 2.24) is 5.32 Å². The zero-order chi connectivity index (χ0) is 18.1. The molecule has 0 saturated carbocycles. The number of nitrogens with one attached hydrogen (secondary N) is 1. The third-order valence-corrected chi connectivity index (χ3v) is 6.97.